The van der Waals surface area contributed by atoms with E-state index in [1.165, 1.54) is 27.7 Å². The maximum Gasteiger partial charge on any atom is 0.338 e. The summed E-state index contributed by atoms with van der Waals surface area (Å²) in [6.07, 6.45) is -7.90. The number of hydrogen-bond donors (Lipinski definition) is 1. The third-order valence-electron chi connectivity index (χ3n) is 11.2. The SMILES string of the molecule is CC(=O)O[C@H]1C[C@]2(C(C)(C)OC(=O)c3ccccc3)C(=C1C)[C@@H](OC(C)=O)[C@H](OC(C)=O)[C@]1(C)[C@@H](OC(C)=O)C[C@H](OC(C)=O)[C@@]3(O)CO[C@H]2[C@H]31. The van der Waals surface area contributed by atoms with E-state index in [2.05, 4.69) is 0 Å². The van der Waals surface area contributed by atoms with Gasteiger partial charge < -0.3 is 38.3 Å². The molecule has 1 aromatic carbocycles. The van der Waals surface area contributed by atoms with Crippen LogP contribution in [0.15, 0.2) is 41.5 Å². The second-order valence-electron chi connectivity index (χ2n) is 14.7. The highest BCUT2D eigenvalue weighted by Crippen LogP contribution is 2.69. The van der Waals surface area contributed by atoms with Crippen LogP contribution in [-0.2, 0) is 57.1 Å². The zero-order chi connectivity index (χ0) is 37.8. The highest BCUT2D eigenvalue weighted by molar-refractivity contribution is 5.89. The van der Waals surface area contributed by atoms with Crippen molar-refractivity contribution in [1.82, 2.24) is 0 Å². The molecule has 0 radical (unpaired) electrons. The molecule has 14 nitrogen and oxygen atoms in total. The average molecular weight is 715 g/mol. The number of rotatable bonds is 8. The molecular weight excluding hydrogens is 668 g/mol. The van der Waals surface area contributed by atoms with Crippen LogP contribution in [0.3, 0.4) is 0 Å². The van der Waals surface area contributed by atoms with Crippen LogP contribution in [0.4, 0.5) is 0 Å². The van der Waals surface area contributed by atoms with E-state index in [1.807, 2.05) is 0 Å². The molecule has 51 heavy (non-hydrogen) atoms. The van der Waals surface area contributed by atoms with Crippen LogP contribution in [0.1, 0.15) is 85.5 Å². The molecule has 3 aliphatic carbocycles. The fourth-order valence-electron chi connectivity index (χ4n) is 9.37. The highest BCUT2D eigenvalue weighted by atomic mass is 16.6. The van der Waals surface area contributed by atoms with E-state index in [4.69, 9.17) is 33.2 Å². The Balaban J connectivity index is 1.89. The van der Waals surface area contributed by atoms with E-state index in [-0.39, 0.29) is 24.0 Å². The van der Waals surface area contributed by atoms with Gasteiger partial charge in [0.05, 0.1) is 29.1 Å². The topological polar surface area (TPSA) is 187 Å². The summed E-state index contributed by atoms with van der Waals surface area (Å²) in [4.78, 5) is 77.7. The Hall–Kier alpha value is -4.30. The first-order chi connectivity index (χ1) is 23.7. The van der Waals surface area contributed by atoms with E-state index in [9.17, 15) is 33.9 Å². The fourth-order valence-corrected chi connectivity index (χ4v) is 9.37. The molecule has 1 aliphatic heterocycles. The minimum atomic E-state index is -2.00. The Morgan fingerprint density at radius 1 is 0.804 bits per heavy atom. The molecule has 278 valence electrons. The Bertz CT molecular complexity index is 1650. The molecule has 2 saturated carbocycles. The number of ether oxygens (including phenoxy) is 7. The molecule has 1 saturated heterocycles. The van der Waals surface area contributed by atoms with E-state index in [1.54, 1.807) is 58.0 Å². The summed E-state index contributed by atoms with van der Waals surface area (Å²) in [6.45, 7) is 12.1. The molecule has 5 rings (SSSR count). The molecule has 1 N–H and O–H groups in total. The molecule has 4 aliphatic rings. The minimum Gasteiger partial charge on any atom is -0.462 e. The van der Waals surface area contributed by atoms with Gasteiger partial charge in [-0.1, -0.05) is 25.1 Å². The minimum absolute atomic E-state index is 0.0861. The van der Waals surface area contributed by atoms with Gasteiger partial charge >= 0.3 is 35.8 Å². The largest absolute Gasteiger partial charge is 0.462 e. The molecule has 0 aromatic heterocycles. The van der Waals surface area contributed by atoms with E-state index in [0.717, 1.165) is 6.92 Å². The summed E-state index contributed by atoms with van der Waals surface area (Å²) >= 11 is 0. The van der Waals surface area contributed by atoms with Crippen molar-refractivity contribution in [3.8, 4) is 0 Å². The van der Waals surface area contributed by atoms with Crippen molar-refractivity contribution in [3.05, 3.63) is 47.0 Å². The number of carbonyl (C=O) groups excluding carboxylic acids is 6. The molecule has 0 spiro atoms. The van der Waals surface area contributed by atoms with Crippen LogP contribution in [0.25, 0.3) is 0 Å². The fraction of sp³-hybridized carbons (Fsp3) is 0.622. The molecule has 1 aromatic rings. The third-order valence-corrected chi connectivity index (χ3v) is 11.2. The molecule has 1 heterocycles. The first-order valence-corrected chi connectivity index (χ1v) is 16.9. The molecule has 0 amide bonds. The van der Waals surface area contributed by atoms with Gasteiger partial charge in [-0.25, -0.2) is 4.79 Å². The van der Waals surface area contributed by atoms with Gasteiger partial charge in [-0.2, -0.15) is 0 Å². The third kappa shape index (κ3) is 6.19. The van der Waals surface area contributed by atoms with Gasteiger partial charge in [0.2, 0.25) is 0 Å². The smallest absolute Gasteiger partial charge is 0.338 e. The van der Waals surface area contributed by atoms with Crippen LogP contribution < -0.4 is 0 Å². The van der Waals surface area contributed by atoms with Crippen LogP contribution in [0, 0.1) is 16.7 Å². The van der Waals surface area contributed by atoms with Crippen molar-refractivity contribution in [2.75, 3.05) is 6.61 Å². The van der Waals surface area contributed by atoms with E-state index < -0.39 is 107 Å². The van der Waals surface area contributed by atoms with Gasteiger partial charge in [-0.3, -0.25) is 24.0 Å². The molecule has 3 fully saturated rings. The summed E-state index contributed by atoms with van der Waals surface area (Å²) < 4.78 is 42.7. The van der Waals surface area contributed by atoms with Gasteiger partial charge in [-0.15, -0.1) is 0 Å². The Morgan fingerprint density at radius 2 is 1.35 bits per heavy atom. The number of fused-ring (bicyclic) bond motifs is 2. The average Bonchev–Trinajstić information content (AvgIpc) is 3.50. The molecule has 0 bridgehead atoms. The summed E-state index contributed by atoms with van der Waals surface area (Å²) in [5, 5.41) is 12.8. The van der Waals surface area contributed by atoms with Crippen molar-refractivity contribution < 1.29 is 67.0 Å². The maximum absolute atomic E-state index is 13.9. The van der Waals surface area contributed by atoms with Gasteiger partial charge in [0.25, 0.3) is 0 Å². The zero-order valence-corrected chi connectivity index (χ0v) is 30.3. The lowest BCUT2D eigenvalue weighted by Crippen LogP contribution is -2.70. The monoisotopic (exact) mass is 714 g/mol. The molecular formula is C37H46O14. The van der Waals surface area contributed by atoms with Gasteiger partial charge in [0.1, 0.15) is 29.5 Å². The number of hydrogen-bond acceptors (Lipinski definition) is 14. The van der Waals surface area contributed by atoms with E-state index >= 15 is 0 Å². The number of esters is 6. The molecule has 0 unspecified atom stereocenters. The number of carbonyl (C=O) groups is 6. The summed E-state index contributed by atoms with van der Waals surface area (Å²) in [5.41, 5.74) is -5.88. The maximum atomic E-state index is 13.9. The van der Waals surface area contributed by atoms with Gasteiger partial charge in [-0.05, 0) is 44.1 Å². The first kappa shape index (κ1) is 37.9. The van der Waals surface area contributed by atoms with Gasteiger partial charge in [0, 0.05) is 53.4 Å². The van der Waals surface area contributed by atoms with Crippen LogP contribution >= 0.6 is 0 Å². The second-order valence-corrected chi connectivity index (χ2v) is 14.7. The normalized spacial score (nSPS) is 35.4. The number of benzene rings is 1. The summed E-state index contributed by atoms with van der Waals surface area (Å²) in [5.74, 6) is -5.53. The van der Waals surface area contributed by atoms with Crippen LogP contribution in [0.2, 0.25) is 0 Å². The Labute approximate surface area is 296 Å². The van der Waals surface area contributed by atoms with Crippen LogP contribution in [-0.4, -0.2) is 95.4 Å². The lowest BCUT2D eigenvalue weighted by Gasteiger charge is -2.57. The van der Waals surface area contributed by atoms with Crippen molar-refractivity contribution in [2.24, 2.45) is 16.7 Å². The van der Waals surface area contributed by atoms with Crippen LogP contribution in [0.5, 0.6) is 0 Å². The zero-order valence-electron chi connectivity index (χ0n) is 30.3. The predicted molar refractivity (Wildman–Crippen MR) is 174 cm³/mol. The Morgan fingerprint density at radius 3 is 1.90 bits per heavy atom. The molecule has 14 heteroatoms. The predicted octanol–water partition coefficient (Wildman–Crippen LogP) is 3.16. The molecule has 10 atom stereocenters. The standard InChI is InChI=1S/C37H46O14/c1-18-25(46-19(2)38)16-36(34(7,8)51-33(43)24-13-11-10-12-14-24)28(18)29(49-22(5)41)31(50-23(6)42)35(9)26(47-20(3)39)15-27(48-21(4)40)37(44)17-45-32(36)30(35)37/h10-14,25-27,29-32,44H,15-17H2,1-9H3/t25-,26-,27-,29+,30-,31-,32-,35+,36-,37-/m0/s1. The Kier molecular flexibility index (Phi) is 9.93. The lowest BCUT2D eigenvalue weighted by atomic mass is 9.52. The summed E-state index contributed by atoms with van der Waals surface area (Å²) in [6, 6.07) is 8.25. The highest BCUT2D eigenvalue weighted by Gasteiger charge is 2.80. The summed E-state index contributed by atoms with van der Waals surface area (Å²) in [7, 11) is 0. The van der Waals surface area contributed by atoms with Crippen molar-refractivity contribution in [1.29, 1.82) is 0 Å². The lowest BCUT2D eigenvalue weighted by molar-refractivity contribution is -0.253. The first-order valence-electron chi connectivity index (χ1n) is 16.9. The van der Waals surface area contributed by atoms with Gasteiger partial charge in [0.15, 0.2) is 12.2 Å². The van der Waals surface area contributed by atoms with Crippen molar-refractivity contribution in [2.45, 2.75) is 123 Å². The van der Waals surface area contributed by atoms with Crippen molar-refractivity contribution in [3.63, 3.8) is 0 Å². The van der Waals surface area contributed by atoms with E-state index in [0.29, 0.717) is 5.57 Å². The number of aliphatic hydroxyl groups is 1. The van der Waals surface area contributed by atoms with Crippen molar-refractivity contribution >= 4 is 35.8 Å². The second kappa shape index (κ2) is 13.4. The quantitative estimate of drug-likeness (QED) is 0.235.